The smallest absolute Gasteiger partial charge is 0.236 e. The normalized spacial score (nSPS) is 26.4. The number of hydrogen-bond donors (Lipinski definition) is 1. The Morgan fingerprint density at radius 3 is 2.82 bits per heavy atom. The average Bonchev–Trinajstić information content (AvgIpc) is 3.19. The summed E-state index contributed by atoms with van der Waals surface area (Å²) in [6.07, 6.45) is 2.98. The third kappa shape index (κ3) is 1.47. The van der Waals surface area contributed by atoms with Crippen LogP contribution < -0.4 is 5.32 Å². The zero-order valence-corrected chi connectivity index (χ0v) is 12.1. The van der Waals surface area contributed by atoms with Gasteiger partial charge in [0.05, 0.1) is 17.6 Å². The number of furan rings is 1. The standard InChI is InChI=1S/C18H15NO3/c1-11-9-18(13-5-2-3-6-14(13)19-17(18)21)16(12(11)10-20)15-7-4-8-22-15/h2-8,10,16H,9H2,1H3,(H,19,21)/t16-,18+/m1/s1. The van der Waals surface area contributed by atoms with Crippen LogP contribution in [-0.2, 0) is 15.0 Å². The summed E-state index contributed by atoms with van der Waals surface area (Å²) in [7, 11) is 0. The molecule has 0 saturated carbocycles. The number of rotatable bonds is 2. The number of aldehydes is 1. The maximum Gasteiger partial charge on any atom is 0.236 e. The highest BCUT2D eigenvalue weighted by Gasteiger charge is 2.58. The molecule has 2 aromatic rings. The highest BCUT2D eigenvalue weighted by molar-refractivity contribution is 6.09. The molecule has 110 valence electrons. The van der Waals surface area contributed by atoms with E-state index >= 15 is 0 Å². The predicted molar refractivity (Wildman–Crippen MR) is 81.6 cm³/mol. The molecule has 0 radical (unpaired) electrons. The number of nitrogens with one attached hydrogen (secondary N) is 1. The van der Waals surface area contributed by atoms with Crippen molar-refractivity contribution < 1.29 is 14.0 Å². The second-order valence-electron chi connectivity index (χ2n) is 5.95. The molecule has 4 rings (SSSR count). The number of carbonyl (C=O) groups excluding carboxylic acids is 2. The van der Waals surface area contributed by atoms with E-state index in [1.807, 2.05) is 37.3 Å². The van der Waals surface area contributed by atoms with Crippen molar-refractivity contribution in [2.75, 3.05) is 5.32 Å². The Bertz CT molecular complexity index is 803. The van der Waals surface area contributed by atoms with Gasteiger partial charge in [-0.15, -0.1) is 0 Å². The van der Waals surface area contributed by atoms with Crippen molar-refractivity contribution >= 4 is 17.9 Å². The van der Waals surface area contributed by atoms with Crippen molar-refractivity contribution in [3.05, 3.63) is 65.1 Å². The van der Waals surface area contributed by atoms with Crippen molar-refractivity contribution in [3.63, 3.8) is 0 Å². The quantitative estimate of drug-likeness (QED) is 0.865. The lowest BCUT2D eigenvalue weighted by Crippen LogP contribution is -2.38. The Balaban J connectivity index is 1.99. The van der Waals surface area contributed by atoms with E-state index in [0.717, 1.165) is 23.1 Å². The van der Waals surface area contributed by atoms with Gasteiger partial charge in [-0.1, -0.05) is 23.8 Å². The summed E-state index contributed by atoms with van der Waals surface area (Å²) in [5.74, 6) is 0.223. The highest BCUT2D eigenvalue weighted by Crippen LogP contribution is 2.57. The molecule has 0 fully saturated rings. The number of amides is 1. The van der Waals surface area contributed by atoms with Crippen LogP contribution >= 0.6 is 0 Å². The van der Waals surface area contributed by atoms with Gasteiger partial charge in [0, 0.05) is 11.3 Å². The number of carbonyl (C=O) groups is 2. The molecule has 2 aliphatic rings. The van der Waals surface area contributed by atoms with E-state index in [2.05, 4.69) is 5.32 Å². The van der Waals surface area contributed by atoms with Crippen molar-refractivity contribution in [2.24, 2.45) is 0 Å². The average molecular weight is 293 g/mol. The van der Waals surface area contributed by atoms with Crippen LogP contribution in [0.15, 0.2) is 58.2 Å². The summed E-state index contributed by atoms with van der Waals surface area (Å²) in [6, 6.07) is 11.3. The summed E-state index contributed by atoms with van der Waals surface area (Å²) in [5, 5.41) is 2.96. The largest absolute Gasteiger partial charge is 0.469 e. The van der Waals surface area contributed by atoms with Gasteiger partial charge in [0.15, 0.2) is 0 Å². The lowest BCUT2D eigenvalue weighted by atomic mass is 9.69. The zero-order valence-electron chi connectivity index (χ0n) is 12.1. The molecule has 0 unspecified atom stereocenters. The molecule has 1 N–H and O–H groups in total. The Hall–Kier alpha value is -2.62. The first kappa shape index (κ1) is 13.1. The minimum Gasteiger partial charge on any atom is -0.469 e. The van der Waals surface area contributed by atoms with E-state index in [4.69, 9.17) is 4.42 Å². The summed E-state index contributed by atoms with van der Waals surface area (Å²) in [5.41, 5.74) is 2.58. The molecule has 1 aliphatic heterocycles. The van der Waals surface area contributed by atoms with Crippen molar-refractivity contribution in [3.8, 4) is 0 Å². The number of para-hydroxylation sites is 1. The van der Waals surface area contributed by atoms with Crippen LogP contribution in [0.2, 0.25) is 0 Å². The molecule has 1 amide bonds. The van der Waals surface area contributed by atoms with Crippen LogP contribution in [0.1, 0.15) is 30.6 Å². The Labute approximate surface area is 127 Å². The van der Waals surface area contributed by atoms with Crippen LogP contribution in [0.3, 0.4) is 0 Å². The van der Waals surface area contributed by atoms with Crippen LogP contribution in [0, 0.1) is 0 Å². The van der Waals surface area contributed by atoms with E-state index in [0.29, 0.717) is 17.8 Å². The van der Waals surface area contributed by atoms with E-state index in [-0.39, 0.29) is 11.8 Å². The van der Waals surface area contributed by atoms with Crippen molar-refractivity contribution in [2.45, 2.75) is 24.7 Å². The Morgan fingerprint density at radius 1 is 1.27 bits per heavy atom. The van der Waals surface area contributed by atoms with E-state index < -0.39 is 5.41 Å². The summed E-state index contributed by atoms with van der Waals surface area (Å²) in [4.78, 5) is 24.5. The van der Waals surface area contributed by atoms with E-state index in [9.17, 15) is 9.59 Å². The number of hydrogen-bond acceptors (Lipinski definition) is 3. The summed E-state index contributed by atoms with van der Waals surface area (Å²) >= 11 is 0. The molecule has 1 aliphatic carbocycles. The number of allylic oxidation sites excluding steroid dienone is 2. The molecule has 1 aromatic heterocycles. The first-order valence-corrected chi connectivity index (χ1v) is 7.27. The van der Waals surface area contributed by atoms with Gasteiger partial charge < -0.3 is 9.73 Å². The van der Waals surface area contributed by atoms with Crippen LogP contribution in [-0.4, -0.2) is 12.2 Å². The van der Waals surface area contributed by atoms with E-state index in [1.165, 1.54) is 0 Å². The van der Waals surface area contributed by atoms with Crippen molar-refractivity contribution in [1.29, 1.82) is 0 Å². The first-order chi connectivity index (χ1) is 10.7. The van der Waals surface area contributed by atoms with Gasteiger partial charge in [-0.25, -0.2) is 0 Å². The minimum absolute atomic E-state index is 0.0636. The molecule has 0 bridgehead atoms. The van der Waals surface area contributed by atoms with E-state index in [1.54, 1.807) is 12.3 Å². The molecule has 0 saturated heterocycles. The fourth-order valence-electron chi connectivity index (χ4n) is 3.95. The zero-order chi connectivity index (χ0) is 15.3. The van der Waals surface area contributed by atoms with Gasteiger partial charge in [-0.3, -0.25) is 9.59 Å². The fraction of sp³-hybridized carbons (Fsp3) is 0.222. The van der Waals surface area contributed by atoms with Crippen LogP contribution in [0.4, 0.5) is 5.69 Å². The molecule has 2 atom stereocenters. The molecular formula is C18H15NO3. The van der Waals surface area contributed by atoms with Crippen LogP contribution in [0.25, 0.3) is 0 Å². The van der Waals surface area contributed by atoms with Gasteiger partial charge in [0.25, 0.3) is 0 Å². The predicted octanol–water partition coefficient (Wildman–Crippen LogP) is 3.17. The highest BCUT2D eigenvalue weighted by atomic mass is 16.3. The monoisotopic (exact) mass is 293 g/mol. The minimum atomic E-state index is -0.783. The number of benzene rings is 1. The lowest BCUT2D eigenvalue weighted by molar-refractivity contribution is -0.121. The third-order valence-electron chi connectivity index (χ3n) is 4.86. The molecular weight excluding hydrogens is 278 g/mol. The first-order valence-electron chi connectivity index (χ1n) is 7.27. The lowest BCUT2D eigenvalue weighted by Gasteiger charge is -2.29. The fourth-order valence-corrected chi connectivity index (χ4v) is 3.95. The SMILES string of the molecule is CC1=C(C=O)[C@H](c2ccco2)[C@@]2(C1)C(=O)Nc1ccccc12. The molecule has 2 heterocycles. The van der Waals surface area contributed by atoms with Gasteiger partial charge in [-0.2, -0.15) is 0 Å². The molecule has 1 spiro atoms. The van der Waals surface area contributed by atoms with Gasteiger partial charge in [0.1, 0.15) is 12.0 Å². The Kier molecular flexibility index (Phi) is 2.64. The third-order valence-corrected chi connectivity index (χ3v) is 4.86. The maximum absolute atomic E-state index is 12.9. The summed E-state index contributed by atoms with van der Waals surface area (Å²) in [6.45, 7) is 1.92. The summed E-state index contributed by atoms with van der Waals surface area (Å²) < 4.78 is 5.57. The second-order valence-corrected chi connectivity index (χ2v) is 5.95. The topological polar surface area (TPSA) is 59.3 Å². The van der Waals surface area contributed by atoms with Crippen molar-refractivity contribution in [1.82, 2.24) is 0 Å². The number of anilines is 1. The maximum atomic E-state index is 12.9. The molecule has 4 heteroatoms. The molecule has 1 aromatic carbocycles. The van der Waals surface area contributed by atoms with Gasteiger partial charge >= 0.3 is 0 Å². The second kappa shape index (κ2) is 4.44. The van der Waals surface area contributed by atoms with Crippen LogP contribution in [0.5, 0.6) is 0 Å². The number of fused-ring (bicyclic) bond motifs is 2. The van der Waals surface area contributed by atoms with Gasteiger partial charge in [0.2, 0.25) is 5.91 Å². The molecule has 4 nitrogen and oxygen atoms in total. The Morgan fingerprint density at radius 2 is 2.09 bits per heavy atom. The van der Waals surface area contributed by atoms with Gasteiger partial charge in [-0.05, 0) is 37.1 Å². The molecule has 22 heavy (non-hydrogen) atoms.